The molecule has 2 rings (SSSR count). The van der Waals surface area contributed by atoms with Crippen molar-refractivity contribution < 1.29 is 4.74 Å². The molecule has 94 valence electrons. The first kappa shape index (κ1) is 12.4. The zero-order chi connectivity index (χ0) is 12.8. The molecule has 2 N–H and O–H groups in total. The maximum Gasteiger partial charge on any atom is 0.120 e. The Morgan fingerprint density at radius 1 is 1.24 bits per heavy atom. The van der Waals surface area contributed by atoms with Gasteiger partial charge in [0, 0.05) is 5.54 Å². The summed E-state index contributed by atoms with van der Waals surface area (Å²) >= 11 is 0. The average Bonchev–Trinajstić information content (AvgIpc) is 2.34. The van der Waals surface area contributed by atoms with Gasteiger partial charge in [-0.15, -0.1) is 0 Å². The van der Waals surface area contributed by atoms with Crippen LogP contribution in [0.1, 0.15) is 45.7 Å². The highest BCUT2D eigenvalue weighted by Crippen LogP contribution is 2.48. The Bertz CT molecular complexity index is 433. The summed E-state index contributed by atoms with van der Waals surface area (Å²) in [4.78, 5) is 0. The average molecular weight is 233 g/mol. The Balaban J connectivity index is 2.42. The van der Waals surface area contributed by atoms with Gasteiger partial charge in [-0.25, -0.2) is 0 Å². The highest BCUT2D eigenvalue weighted by atomic mass is 16.5. The minimum atomic E-state index is -0.279. The summed E-state index contributed by atoms with van der Waals surface area (Å²) in [6, 6.07) is 6.33. The molecule has 0 fully saturated rings. The Labute approximate surface area is 104 Å². The molecule has 1 unspecified atom stereocenters. The highest BCUT2D eigenvalue weighted by Gasteiger charge is 2.46. The first-order chi connectivity index (χ1) is 7.74. The second-order valence-electron chi connectivity index (χ2n) is 6.25. The zero-order valence-corrected chi connectivity index (χ0v) is 11.5. The maximum absolute atomic E-state index is 6.51. The molecule has 0 aliphatic heterocycles. The van der Waals surface area contributed by atoms with Crippen molar-refractivity contribution in [1.82, 2.24) is 0 Å². The molecule has 1 atom stereocenters. The fourth-order valence-electron chi connectivity index (χ4n) is 2.56. The van der Waals surface area contributed by atoms with Crippen molar-refractivity contribution in [3.63, 3.8) is 0 Å². The number of hydrogen-bond acceptors (Lipinski definition) is 2. The van der Waals surface area contributed by atoms with E-state index in [2.05, 4.69) is 39.0 Å². The van der Waals surface area contributed by atoms with Crippen LogP contribution in [-0.2, 0) is 12.0 Å². The normalized spacial score (nSPS) is 26.1. The minimum Gasteiger partial charge on any atom is -0.491 e. The Hall–Kier alpha value is -1.02. The van der Waals surface area contributed by atoms with Gasteiger partial charge < -0.3 is 10.5 Å². The van der Waals surface area contributed by atoms with Crippen molar-refractivity contribution in [2.75, 3.05) is 0 Å². The van der Waals surface area contributed by atoms with Gasteiger partial charge >= 0.3 is 0 Å². The van der Waals surface area contributed by atoms with E-state index in [-0.39, 0.29) is 17.1 Å². The number of fused-ring (bicyclic) bond motifs is 1. The van der Waals surface area contributed by atoms with Crippen LogP contribution in [0.3, 0.4) is 0 Å². The van der Waals surface area contributed by atoms with Crippen LogP contribution >= 0.6 is 0 Å². The molecule has 1 aliphatic rings. The van der Waals surface area contributed by atoms with E-state index in [0.29, 0.717) is 0 Å². The summed E-state index contributed by atoms with van der Waals surface area (Å²) in [5.74, 6) is 0.924. The predicted octanol–water partition coefficient (Wildman–Crippen LogP) is 3.23. The van der Waals surface area contributed by atoms with Crippen molar-refractivity contribution in [2.45, 2.75) is 52.7 Å². The van der Waals surface area contributed by atoms with Gasteiger partial charge in [0.15, 0.2) is 0 Å². The molecule has 0 saturated heterocycles. The lowest BCUT2D eigenvalue weighted by Crippen LogP contribution is -2.43. The largest absolute Gasteiger partial charge is 0.491 e. The molecule has 0 spiro atoms. The van der Waals surface area contributed by atoms with Crippen molar-refractivity contribution in [3.05, 3.63) is 29.3 Å². The topological polar surface area (TPSA) is 35.2 Å². The number of hydrogen-bond donors (Lipinski definition) is 1. The van der Waals surface area contributed by atoms with Crippen LogP contribution in [0.15, 0.2) is 18.2 Å². The SMILES string of the molecule is CC(C)Oc1ccc2c(c1)C(C)(N)C(C)(C)C2. The Morgan fingerprint density at radius 2 is 1.88 bits per heavy atom. The molecule has 0 heterocycles. The van der Waals surface area contributed by atoms with Crippen molar-refractivity contribution in [2.24, 2.45) is 11.1 Å². The zero-order valence-electron chi connectivity index (χ0n) is 11.5. The lowest BCUT2D eigenvalue weighted by molar-refractivity contribution is 0.210. The second-order valence-corrected chi connectivity index (χ2v) is 6.25. The smallest absolute Gasteiger partial charge is 0.120 e. The lowest BCUT2D eigenvalue weighted by atomic mass is 9.75. The van der Waals surface area contributed by atoms with Crippen molar-refractivity contribution in [1.29, 1.82) is 0 Å². The molecule has 0 amide bonds. The molecule has 0 bridgehead atoms. The summed E-state index contributed by atoms with van der Waals surface area (Å²) in [6.45, 7) is 10.7. The Kier molecular flexibility index (Phi) is 2.74. The van der Waals surface area contributed by atoms with Gasteiger partial charge in [0.05, 0.1) is 6.10 Å². The molecule has 1 aromatic carbocycles. The summed E-state index contributed by atoms with van der Waals surface area (Å²) in [7, 11) is 0. The van der Waals surface area contributed by atoms with Gasteiger partial charge in [0.1, 0.15) is 5.75 Å². The number of benzene rings is 1. The number of nitrogens with two attached hydrogens (primary N) is 1. The van der Waals surface area contributed by atoms with Gasteiger partial charge in [-0.1, -0.05) is 19.9 Å². The molecule has 2 nitrogen and oxygen atoms in total. The van der Waals surface area contributed by atoms with Crippen LogP contribution < -0.4 is 10.5 Å². The third kappa shape index (κ3) is 1.95. The minimum absolute atomic E-state index is 0.103. The Morgan fingerprint density at radius 3 is 2.47 bits per heavy atom. The van der Waals surface area contributed by atoms with Crippen LogP contribution in [0.25, 0.3) is 0 Å². The van der Waals surface area contributed by atoms with E-state index in [1.165, 1.54) is 11.1 Å². The highest BCUT2D eigenvalue weighted by molar-refractivity contribution is 5.45. The van der Waals surface area contributed by atoms with E-state index in [4.69, 9.17) is 10.5 Å². The fourth-order valence-corrected chi connectivity index (χ4v) is 2.56. The van der Waals surface area contributed by atoms with Crippen molar-refractivity contribution in [3.8, 4) is 5.75 Å². The lowest BCUT2D eigenvalue weighted by Gasteiger charge is -2.35. The third-order valence-corrected chi connectivity index (χ3v) is 4.05. The molecule has 0 saturated carbocycles. The number of ether oxygens (including phenoxy) is 1. The van der Waals surface area contributed by atoms with Crippen LogP contribution in [0.2, 0.25) is 0 Å². The van der Waals surface area contributed by atoms with Gasteiger partial charge in [-0.2, -0.15) is 0 Å². The van der Waals surface area contributed by atoms with Gasteiger partial charge in [-0.05, 0) is 55.9 Å². The first-order valence-electron chi connectivity index (χ1n) is 6.33. The van der Waals surface area contributed by atoms with Crippen LogP contribution in [-0.4, -0.2) is 6.10 Å². The fraction of sp³-hybridized carbons (Fsp3) is 0.600. The van der Waals surface area contributed by atoms with Crippen molar-refractivity contribution >= 4 is 0 Å². The second kappa shape index (κ2) is 3.74. The molecule has 17 heavy (non-hydrogen) atoms. The van der Waals surface area contributed by atoms with Gasteiger partial charge in [0.25, 0.3) is 0 Å². The van der Waals surface area contributed by atoms with Crippen LogP contribution in [0.5, 0.6) is 5.75 Å². The van der Waals surface area contributed by atoms with Gasteiger partial charge in [-0.3, -0.25) is 0 Å². The molecule has 0 aromatic heterocycles. The molecule has 0 radical (unpaired) electrons. The maximum atomic E-state index is 6.51. The molecular weight excluding hydrogens is 210 g/mol. The van der Waals surface area contributed by atoms with E-state index in [1.807, 2.05) is 13.8 Å². The molecule has 1 aliphatic carbocycles. The summed E-state index contributed by atoms with van der Waals surface area (Å²) in [6.07, 6.45) is 1.24. The van der Waals surface area contributed by atoms with E-state index in [0.717, 1.165) is 12.2 Å². The van der Waals surface area contributed by atoms with E-state index >= 15 is 0 Å². The first-order valence-corrected chi connectivity index (χ1v) is 6.33. The van der Waals surface area contributed by atoms with Gasteiger partial charge in [0.2, 0.25) is 0 Å². The van der Waals surface area contributed by atoms with E-state index < -0.39 is 0 Å². The quantitative estimate of drug-likeness (QED) is 0.851. The van der Waals surface area contributed by atoms with Crippen LogP contribution in [0.4, 0.5) is 0 Å². The summed E-state index contributed by atoms with van der Waals surface area (Å²) in [5.41, 5.74) is 8.93. The standard InChI is InChI=1S/C15H23NO/c1-10(2)17-12-7-6-11-9-14(3,4)15(5,16)13(11)8-12/h6-8,10H,9,16H2,1-5H3. The third-order valence-electron chi connectivity index (χ3n) is 4.05. The summed E-state index contributed by atoms with van der Waals surface area (Å²) in [5, 5.41) is 0. The monoisotopic (exact) mass is 233 g/mol. The van der Waals surface area contributed by atoms with E-state index in [1.54, 1.807) is 0 Å². The molecule has 1 aromatic rings. The number of rotatable bonds is 2. The van der Waals surface area contributed by atoms with Crippen LogP contribution in [0, 0.1) is 5.41 Å². The summed E-state index contributed by atoms with van der Waals surface area (Å²) < 4.78 is 5.75. The predicted molar refractivity (Wildman–Crippen MR) is 71.2 cm³/mol. The molecule has 2 heteroatoms. The molecular formula is C15H23NO. The van der Waals surface area contributed by atoms with E-state index in [9.17, 15) is 0 Å².